The van der Waals surface area contributed by atoms with Crippen LogP contribution in [0.25, 0.3) is 0 Å². The largest absolute Gasteiger partial charge is 0.321 e. The van der Waals surface area contributed by atoms with Crippen molar-refractivity contribution in [2.24, 2.45) is 0 Å². The van der Waals surface area contributed by atoms with Gasteiger partial charge in [-0.2, -0.15) is 17.2 Å². The third-order valence-electron chi connectivity index (χ3n) is 1.20. The first-order valence-electron chi connectivity index (χ1n) is 3.01. The van der Waals surface area contributed by atoms with Crippen molar-refractivity contribution in [3.05, 3.63) is 29.3 Å². The Morgan fingerprint density at radius 1 is 1.27 bits per heavy atom. The van der Waals surface area contributed by atoms with Crippen LogP contribution in [-0.4, -0.2) is 0 Å². The number of aryl methyl sites for hydroxylation is 2. The minimum atomic E-state index is 0. The minimum absolute atomic E-state index is 0. The molecule has 57 valence electrons. The van der Waals surface area contributed by atoms with E-state index in [0.717, 1.165) is 11.1 Å². The van der Waals surface area contributed by atoms with Crippen molar-refractivity contribution in [2.75, 3.05) is 0 Å². The second-order valence-electron chi connectivity index (χ2n) is 2.26. The van der Waals surface area contributed by atoms with E-state index in [2.05, 4.69) is 11.0 Å². The molecule has 0 saturated heterocycles. The summed E-state index contributed by atoms with van der Waals surface area (Å²) in [6.07, 6.45) is 0. The number of rotatable bonds is 1. The van der Waals surface area contributed by atoms with Crippen molar-refractivity contribution in [2.45, 2.75) is 13.8 Å². The molecule has 0 aromatic heterocycles. The molecular formula is C8H8FOY-. The standard InChI is InChI=1S/C8H8FO.Y/c1-6-3-7(2)5-8(4-6)10-9;/h4-5H,1-2H3;/q-1;. The van der Waals surface area contributed by atoms with Crippen molar-refractivity contribution in [3.63, 3.8) is 0 Å². The van der Waals surface area contributed by atoms with E-state index in [1.54, 1.807) is 12.1 Å². The van der Waals surface area contributed by atoms with Gasteiger partial charge in [-0.15, -0.1) is 12.1 Å². The van der Waals surface area contributed by atoms with Crippen LogP contribution >= 0.6 is 0 Å². The van der Waals surface area contributed by atoms with Gasteiger partial charge in [-0.3, -0.25) is 0 Å². The fourth-order valence-corrected chi connectivity index (χ4v) is 0.896. The molecule has 1 aromatic rings. The Labute approximate surface area is 90.7 Å². The Kier molecular flexibility index (Phi) is 4.86. The quantitative estimate of drug-likeness (QED) is 0.670. The Morgan fingerprint density at radius 3 is 2.09 bits per heavy atom. The number of hydrogen-bond donors (Lipinski definition) is 0. The number of halogens is 1. The van der Waals surface area contributed by atoms with Gasteiger partial charge in [-0.05, 0) is 0 Å². The van der Waals surface area contributed by atoms with Gasteiger partial charge in [0, 0.05) is 37.2 Å². The third kappa shape index (κ3) is 3.30. The first kappa shape index (κ1) is 11.1. The molecule has 0 aliphatic carbocycles. The summed E-state index contributed by atoms with van der Waals surface area (Å²) in [5.74, 6) is 0.244. The summed E-state index contributed by atoms with van der Waals surface area (Å²) in [6, 6.07) is 6.18. The van der Waals surface area contributed by atoms with Gasteiger partial charge in [-0.1, -0.05) is 13.8 Å². The van der Waals surface area contributed by atoms with Gasteiger partial charge >= 0.3 is 0 Å². The molecule has 0 amide bonds. The van der Waals surface area contributed by atoms with Crippen LogP contribution in [0.15, 0.2) is 12.1 Å². The normalized spacial score (nSPS) is 8.64. The second kappa shape index (κ2) is 4.84. The monoisotopic (exact) mass is 228 g/mol. The van der Waals surface area contributed by atoms with E-state index >= 15 is 0 Å². The van der Waals surface area contributed by atoms with Crippen LogP contribution in [0.3, 0.4) is 0 Å². The summed E-state index contributed by atoms with van der Waals surface area (Å²) >= 11 is 0. The van der Waals surface area contributed by atoms with Crippen LogP contribution in [0.4, 0.5) is 4.53 Å². The first-order valence-corrected chi connectivity index (χ1v) is 3.01. The fourth-order valence-electron chi connectivity index (χ4n) is 0.896. The Hall–Kier alpha value is 0.0539. The van der Waals surface area contributed by atoms with Gasteiger partial charge in [0.05, 0.1) is 5.75 Å². The molecule has 0 unspecified atom stereocenters. The first-order chi connectivity index (χ1) is 4.72. The Bertz CT molecular complexity index is 217. The number of hydrogen-bond acceptors (Lipinski definition) is 1. The van der Waals surface area contributed by atoms with Gasteiger partial charge < -0.3 is 4.94 Å². The van der Waals surface area contributed by atoms with Gasteiger partial charge in [0.2, 0.25) is 0 Å². The smallest absolute Gasteiger partial charge is 0.0654 e. The van der Waals surface area contributed by atoms with Crippen molar-refractivity contribution in [1.82, 2.24) is 0 Å². The Balaban J connectivity index is 0.000001000. The molecule has 1 aromatic carbocycles. The van der Waals surface area contributed by atoms with Crippen LogP contribution in [0.1, 0.15) is 11.1 Å². The molecule has 0 saturated carbocycles. The van der Waals surface area contributed by atoms with Gasteiger partial charge in [0.1, 0.15) is 0 Å². The zero-order chi connectivity index (χ0) is 7.56. The minimum Gasteiger partial charge on any atom is -0.321 e. The maximum atomic E-state index is 11.6. The Morgan fingerprint density at radius 2 is 1.73 bits per heavy atom. The molecule has 1 radical (unpaired) electrons. The molecule has 0 aliphatic rings. The molecule has 0 spiro atoms. The van der Waals surface area contributed by atoms with E-state index < -0.39 is 0 Å². The van der Waals surface area contributed by atoms with Gasteiger partial charge in [0.15, 0.2) is 0 Å². The van der Waals surface area contributed by atoms with E-state index in [9.17, 15) is 4.53 Å². The molecule has 3 heteroatoms. The van der Waals surface area contributed by atoms with Crippen LogP contribution in [0, 0.1) is 19.9 Å². The summed E-state index contributed by atoms with van der Waals surface area (Å²) in [7, 11) is 0. The molecule has 0 fully saturated rings. The van der Waals surface area contributed by atoms with E-state index in [0.29, 0.717) is 0 Å². The average Bonchev–Trinajstić information content (AvgIpc) is 1.85. The predicted molar refractivity (Wildman–Crippen MR) is 36.5 cm³/mol. The summed E-state index contributed by atoms with van der Waals surface area (Å²) in [6.45, 7) is 3.69. The maximum absolute atomic E-state index is 11.6. The summed E-state index contributed by atoms with van der Waals surface area (Å²) in [5.41, 5.74) is 1.76. The molecule has 11 heavy (non-hydrogen) atoms. The molecule has 0 aliphatic heterocycles. The van der Waals surface area contributed by atoms with E-state index in [1.807, 2.05) is 13.8 Å². The molecule has 0 bridgehead atoms. The van der Waals surface area contributed by atoms with E-state index in [-0.39, 0.29) is 38.5 Å². The van der Waals surface area contributed by atoms with Crippen molar-refractivity contribution in [1.29, 1.82) is 0 Å². The third-order valence-corrected chi connectivity index (χ3v) is 1.20. The van der Waals surface area contributed by atoms with Crippen LogP contribution in [-0.2, 0) is 32.7 Å². The summed E-state index contributed by atoms with van der Waals surface area (Å²) in [5, 5.41) is 0. The zero-order valence-electron chi connectivity index (χ0n) is 6.52. The number of benzene rings is 1. The topological polar surface area (TPSA) is 9.23 Å². The van der Waals surface area contributed by atoms with Crippen molar-refractivity contribution >= 4 is 0 Å². The van der Waals surface area contributed by atoms with Crippen LogP contribution in [0.2, 0.25) is 0 Å². The maximum Gasteiger partial charge on any atom is 0.0654 e. The molecule has 0 atom stereocenters. The second-order valence-corrected chi connectivity index (χ2v) is 2.26. The van der Waals surface area contributed by atoms with E-state index in [1.165, 1.54) is 0 Å². The van der Waals surface area contributed by atoms with Crippen molar-refractivity contribution < 1.29 is 42.2 Å². The zero-order valence-corrected chi connectivity index (χ0v) is 9.36. The predicted octanol–water partition coefficient (Wildman–Crippen LogP) is 2.36. The molecule has 1 nitrogen and oxygen atoms in total. The molecular weight excluding hydrogens is 220 g/mol. The molecule has 0 heterocycles. The van der Waals surface area contributed by atoms with Crippen LogP contribution in [0.5, 0.6) is 5.75 Å². The van der Waals surface area contributed by atoms with Gasteiger partial charge in [0.25, 0.3) is 0 Å². The van der Waals surface area contributed by atoms with Crippen LogP contribution < -0.4 is 4.94 Å². The van der Waals surface area contributed by atoms with E-state index in [4.69, 9.17) is 0 Å². The SMILES string of the molecule is Cc1[c-]c(C)cc(OF)c1.[Y]. The van der Waals surface area contributed by atoms with Crippen molar-refractivity contribution in [3.8, 4) is 5.75 Å². The fraction of sp³-hybridized carbons (Fsp3) is 0.250. The summed E-state index contributed by atoms with van der Waals surface area (Å²) in [4.78, 5) is 3.56. The molecule has 0 N–H and O–H groups in total. The van der Waals surface area contributed by atoms with Gasteiger partial charge in [-0.25, -0.2) is 0 Å². The summed E-state index contributed by atoms with van der Waals surface area (Å²) < 4.78 is 11.6. The molecule has 1 rings (SSSR count). The average molecular weight is 228 g/mol.